The lowest BCUT2D eigenvalue weighted by atomic mass is 10.1. The summed E-state index contributed by atoms with van der Waals surface area (Å²) in [7, 11) is 0. The van der Waals surface area contributed by atoms with Crippen molar-refractivity contribution in [1.29, 1.82) is 0 Å². The van der Waals surface area contributed by atoms with Gasteiger partial charge >= 0.3 is 0 Å². The second-order valence-corrected chi connectivity index (χ2v) is 5.27. The van der Waals surface area contributed by atoms with Crippen molar-refractivity contribution in [3.05, 3.63) is 35.4 Å². The van der Waals surface area contributed by atoms with E-state index in [0.717, 1.165) is 18.0 Å². The molecule has 1 unspecified atom stereocenters. The molecule has 19 heavy (non-hydrogen) atoms. The average Bonchev–Trinajstić information content (AvgIpc) is 2.89. The van der Waals surface area contributed by atoms with Gasteiger partial charge in [-0.05, 0) is 36.6 Å². The number of aliphatic hydroxyl groups excluding tert-OH is 1. The Bertz CT molecular complexity index is 441. The molecule has 1 aliphatic rings. The van der Waals surface area contributed by atoms with Crippen LogP contribution < -0.4 is 0 Å². The van der Waals surface area contributed by atoms with Crippen LogP contribution in [0, 0.1) is 17.8 Å². The van der Waals surface area contributed by atoms with Gasteiger partial charge in [-0.3, -0.25) is 4.90 Å². The van der Waals surface area contributed by atoms with E-state index < -0.39 is 0 Å². The molecule has 1 aromatic rings. The largest absolute Gasteiger partial charge is 0.395 e. The maximum Gasteiger partial charge on any atom is 0.0540 e. The Morgan fingerprint density at radius 3 is 2.74 bits per heavy atom. The lowest BCUT2D eigenvalue weighted by molar-refractivity contribution is 0.305. The first-order chi connectivity index (χ1) is 9.31. The maximum absolute atomic E-state index is 8.68. The molecule has 1 aliphatic heterocycles. The Kier molecular flexibility index (Phi) is 5.44. The fourth-order valence-corrected chi connectivity index (χ4v) is 2.56. The van der Waals surface area contributed by atoms with Crippen molar-refractivity contribution in [2.24, 2.45) is 5.92 Å². The quantitative estimate of drug-likeness (QED) is 0.838. The molecule has 2 nitrogen and oxygen atoms in total. The Morgan fingerprint density at radius 2 is 2.11 bits per heavy atom. The van der Waals surface area contributed by atoms with Crippen LogP contribution in [0.15, 0.2) is 24.3 Å². The smallest absolute Gasteiger partial charge is 0.0540 e. The predicted molar refractivity (Wildman–Crippen MR) is 78.7 cm³/mol. The van der Waals surface area contributed by atoms with E-state index in [0.29, 0.717) is 6.42 Å². The molecular weight excluding hydrogens is 234 g/mol. The first-order valence-corrected chi connectivity index (χ1v) is 7.23. The Hall–Kier alpha value is -1.30. The highest BCUT2D eigenvalue weighted by Crippen LogP contribution is 2.20. The van der Waals surface area contributed by atoms with E-state index >= 15 is 0 Å². The molecule has 0 radical (unpaired) electrons. The van der Waals surface area contributed by atoms with Gasteiger partial charge in [-0.2, -0.15) is 0 Å². The molecule has 0 bridgehead atoms. The van der Waals surface area contributed by atoms with Crippen molar-refractivity contribution in [2.75, 3.05) is 19.7 Å². The minimum Gasteiger partial charge on any atom is -0.395 e. The van der Waals surface area contributed by atoms with E-state index in [4.69, 9.17) is 5.11 Å². The molecular formula is C17H23NO. The molecule has 0 amide bonds. The third kappa shape index (κ3) is 4.38. The summed E-state index contributed by atoms with van der Waals surface area (Å²) < 4.78 is 0. The third-order valence-electron chi connectivity index (χ3n) is 3.78. The SMILES string of the molecule is CCC1CCN(Cc2ccc(C#CCCO)cc2)C1. The molecule has 0 aliphatic carbocycles. The van der Waals surface area contributed by atoms with Crippen LogP contribution >= 0.6 is 0 Å². The van der Waals surface area contributed by atoms with Gasteiger partial charge in [-0.1, -0.05) is 37.3 Å². The predicted octanol–water partition coefficient (Wildman–Crippen LogP) is 2.65. The van der Waals surface area contributed by atoms with Crippen LogP contribution in [-0.4, -0.2) is 29.7 Å². The summed E-state index contributed by atoms with van der Waals surface area (Å²) in [6.45, 7) is 5.96. The monoisotopic (exact) mass is 257 g/mol. The molecule has 1 N–H and O–H groups in total. The molecule has 2 heteroatoms. The van der Waals surface area contributed by atoms with Crippen LogP contribution in [0.25, 0.3) is 0 Å². The van der Waals surface area contributed by atoms with Crippen LogP contribution in [0.2, 0.25) is 0 Å². The minimum atomic E-state index is 0.138. The normalized spacial score (nSPS) is 19.2. The average molecular weight is 257 g/mol. The molecule has 1 fully saturated rings. The standard InChI is InChI=1S/C17H23NO/c1-2-15-10-11-18(13-15)14-17-8-6-16(7-9-17)5-3-4-12-19/h6-9,15,19H,2,4,10-14H2,1H3. The second-order valence-electron chi connectivity index (χ2n) is 5.27. The minimum absolute atomic E-state index is 0.138. The number of rotatable bonds is 4. The summed E-state index contributed by atoms with van der Waals surface area (Å²) in [6.07, 6.45) is 3.20. The number of hydrogen-bond donors (Lipinski definition) is 1. The van der Waals surface area contributed by atoms with E-state index in [2.05, 4.69) is 47.9 Å². The Balaban J connectivity index is 1.87. The molecule has 0 aromatic heterocycles. The van der Waals surface area contributed by atoms with E-state index in [1.54, 1.807) is 0 Å². The summed E-state index contributed by atoms with van der Waals surface area (Å²) in [5, 5.41) is 8.68. The van der Waals surface area contributed by atoms with Gasteiger partial charge in [0.2, 0.25) is 0 Å². The van der Waals surface area contributed by atoms with E-state index in [1.165, 1.54) is 31.5 Å². The summed E-state index contributed by atoms with van der Waals surface area (Å²) in [4.78, 5) is 2.54. The van der Waals surface area contributed by atoms with Crippen molar-refractivity contribution < 1.29 is 5.11 Å². The fraction of sp³-hybridized carbons (Fsp3) is 0.529. The molecule has 0 spiro atoms. The molecule has 102 valence electrons. The van der Waals surface area contributed by atoms with Crippen LogP contribution in [0.1, 0.15) is 37.3 Å². The van der Waals surface area contributed by atoms with Gasteiger partial charge in [0, 0.05) is 25.1 Å². The van der Waals surface area contributed by atoms with Crippen LogP contribution in [0.3, 0.4) is 0 Å². The molecule has 1 heterocycles. The second kappa shape index (κ2) is 7.33. The summed E-state index contributed by atoms with van der Waals surface area (Å²) in [5.41, 5.74) is 2.40. The van der Waals surface area contributed by atoms with Gasteiger partial charge in [-0.15, -0.1) is 0 Å². The van der Waals surface area contributed by atoms with Crippen molar-refractivity contribution in [3.8, 4) is 11.8 Å². The van der Waals surface area contributed by atoms with E-state index in [1.807, 2.05) is 0 Å². The number of nitrogens with zero attached hydrogens (tertiary/aromatic N) is 1. The highest BCUT2D eigenvalue weighted by molar-refractivity contribution is 5.36. The zero-order valence-corrected chi connectivity index (χ0v) is 11.7. The fourth-order valence-electron chi connectivity index (χ4n) is 2.56. The van der Waals surface area contributed by atoms with Gasteiger partial charge < -0.3 is 5.11 Å². The van der Waals surface area contributed by atoms with Gasteiger partial charge in [0.05, 0.1) is 6.61 Å². The van der Waals surface area contributed by atoms with Crippen molar-refractivity contribution in [2.45, 2.75) is 32.7 Å². The summed E-state index contributed by atoms with van der Waals surface area (Å²) in [6, 6.07) is 8.49. The summed E-state index contributed by atoms with van der Waals surface area (Å²) in [5.74, 6) is 6.90. The van der Waals surface area contributed by atoms with Gasteiger partial charge in [-0.25, -0.2) is 0 Å². The molecule has 0 saturated carbocycles. The van der Waals surface area contributed by atoms with Crippen molar-refractivity contribution in [1.82, 2.24) is 4.90 Å². The van der Waals surface area contributed by atoms with E-state index in [9.17, 15) is 0 Å². The van der Waals surface area contributed by atoms with Gasteiger partial charge in [0.25, 0.3) is 0 Å². The van der Waals surface area contributed by atoms with Crippen molar-refractivity contribution >= 4 is 0 Å². The van der Waals surface area contributed by atoms with Crippen LogP contribution in [0.5, 0.6) is 0 Å². The van der Waals surface area contributed by atoms with Crippen molar-refractivity contribution in [3.63, 3.8) is 0 Å². The van der Waals surface area contributed by atoms with Crippen LogP contribution in [-0.2, 0) is 6.54 Å². The zero-order chi connectivity index (χ0) is 13.5. The molecule has 1 atom stereocenters. The maximum atomic E-state index is 8.68. The summed E-state index contributed by atoms with van der Waals surface area (Å²) >= 11 is 0. The number of hydrogen-bond acceptors (Lipinski definition) is 2. The highest BCUT2D eigenvalue weighted by Gasteiger charge is 2.20. The first kappa shape index (κ1) is 14.1. The number of benzene rings is 1. The molecule has 1 saturated heterocycles. The molecule has 2 rings (SSSR count). The number of aliphatic hydroxyl groups is 1. The van der Waals surface area contributed by atoms with Gasteiger partial charge in [0.1, 0.15) is 0 Å². The number of likely N-dealkylation sites (tertiary alicyclic amines) is 1. The first-order valence-electron chi connectivity index (χ1n) is 7.23. The van der Waals surface area contributed by atoms with E-state index in [-0.39, 0.29) is 6.61 Å². The lowest BCUT2D eigenvalue weighted by Crippen LogP contribution is -2.19. The lowest BCUT2D eigenvalue weighted by Gasteiger charge is -2.15. The van der Waals surface area contributed by atoms with Crippen LogP contribution in [0.4, 0.5) is 0 Å². The third-order valence-corrected chi connectivity index (χ3v) is 3.78. The topological polar surface area (TPSA) is 23.5 Å². The molecule has 1 aromatic carbocycles. The Morgan fingerprint density at radius 1 is 1.32 bits per heavy atom. The Labute approximate surface area is 116 Å². The zero-order valence-electron chi connectivity index (χ0n) is 11.7. The highest BCUT2D eigenvalue weighted by atomic mass is 16.2. The van der Waals surface area contributed by atoms with Gasteiger partial charge in [0.15, 0.2) is 0 Å².